The zero-order valence-electron chi connectivity index (χ0n) is 17.0. The second-order valence-corrected chi connectivity index (χ2v) is 7.47. The Morgan fingerprint density at radius 3 is 2.68 bits per heavy atom. The van der Waals surface area contributed by atoms with Gasteiger partial charge < -0.3 is 15.5 Å². The Balaban J connectivity index is 1.41. The summed E-state index contributed by atoms with van der Waals surface area (Å²) in [7, 11) is 0. The number of carbonyl (C=O) groups is 1. The number of hydrogen-bond acceptors (Lipinski definition) is 5. The molecule has 1 saturated heterocycles. The molecule has 0 bridgehead atoms. The van der Waals surface area contributed by atoms with E-state index in [-0.39, 0.29) is 5.91 Å². The Labute approximate surface area is 167 Å². The zero-order valence-corrected chi connectivity index (χ0v) is 17.0. The Morgan fingerprint density at radius 2 is 1.89 bits per heavy atom. The largest absolute Gasteiger partial charge is 0.368 e. The zero-order chi connectivity index (χ0) is 19.8. The smallest absolute Gasteiger partial charge is 0.220 e. The lowest BCUT2D eigenvalue weighted by atomic mass is 10.1. The van der Waals surface area contributed by atoms with Crippen LogP contribution in [0.5, 0.6) is 0 Å². The van der Waals surface area contributed by atoms with Gasteiger partial charge in [0.05, 0.1) is 0 Å². The third-order valence-corrected chi connectivity index (χ3v) is 4.98. The molecule has 0 unspecified atom stereocenters. The topological polar surface area (TPSA) is 70.2 Å². The van der Waals surface area contributed by atoms with E-state index in [2.05, 4.69) is 50.6 Å². The van der Waals surface area contributed by atoms with Crippen LogP contribution in [0.25, 0.3) is 0 Å². The molecule has 1 aliphatic heterocycles. The van der Waals surface area contributed by atoms with Gasteiger partial charge in [0.2, 0.25) is 5.91 Å². The first-order valence-corrected chi connectivity index (χ1v) is 10.3. The molecule has 1 aromatic carbocycles. The predicted octanol–water partition coefficient (Wildman–Crippen LogP) is 3.24. The summed E-state index contributed by atoms with van der Waals surface area (Å²) in [5, 5.41) is 6.28. The SMILES string of the molecule is Cc1cccc(CCC(=O)NCCNc2cc(N3CCCCC3)nc(C)n2)c1. The predicted molar refractivity (Wildman–Crippen MR) is 114 cm³/mol. The fourth-order valence-corrected chi connectivity index (χ4v) is 3.53. The number of piperidine rings is 1. The van der Waals surface area contributed by atoms with Gasteiger partial charge in [-0.2, -0.15) is 0 Å². The molecule has 0 saturated carbocycles. The number of anilines is 2. The van der Waals surface area contributed by atoms with E-state index < -0.39 is 0 Å². The molecule has 3 rings (SSSR count). The number of hydrogen-bond donors (Lipinski definition) is 2. The summed E-state index contributed by atoms with van der Waals surface area (Å²) in [6, 6.07) is 10.3. The fourth-order valence-electron chi connectivity index (χ4n) is 3.53. The minimum Gasteiger partial charge on any atom is -0.368 e. The quantitative estimate of drug-likeness (QED) is 0.687. The molecular formula is C22H31N5O. The van der Waals surface area contributed by atoms with Crippen molar-refractivity contribution in [1.82, 2.24) is 15.3 Å². The number of amides is 1. The van der Waals surface area contributed by atoms with Gasteiger partial charge in [-0.15, -0.1) is 0 Å². The van der Waals surface area contributed by atoms with Crippen LogP contribution in [-0.4, -0.2) is 42.1 Å². The molecule has 2 N–H and O–H groups in total. The molecule has 6 heteroatoms. The summed E-state index contributed by atoms with van der Waals surface area (Å²) < 4.78 is 0. The average Bonchev–Trinajstić information content (AvgIpc) is 2.70. The van der Waals surface area contributed by atoms with Crippen molar-refractivity contribution in [3.8, 4) is 0 Å². The first-order chi connectivity index (χ1) is 13.6. The minimum absolute atomic E-state index is 0.0798. The Bertz CT molecular complexity index is 786. The van der Waals surface area contributed by atoms with Crippen LogP contribution < -0.4 is 15.5 Å². The first-order valence-electron chi connectivity index (χ1n) is 10.3. The van der Waals surface area contributed by atoms with Crippen LogP contribution in [0.15, 0.2) is 30.3 Å². The van der Waals surface area contributed by atoms with Crippen LogP contribution in [0.3, 0.4) is 0 Å². The molecule has 0 spiro atoms. The third kappa shape index (κ3) is 6.22. The summed E-state index contributed by atoms with van der Waals surface area (Å²) >= 11 is 0. The van der Waals surface area contributed by atoms with Gasteiger partial charge in [0.25, 0.3) is 0 Å². The highest BCUT2D eigenvalue weighted by Crippen LogP contribution is 2.20. The van der Waals surface area contributed by atoms with E-state index in [1.165, 1.54) is 30.4 Å². The maximum Gasteiger partial charge on any atom is 0.220 e. The van der Waals surface area contributed by atoms with Crippen LogP contribution >= 0.6 is 0 Å². The highest BCUT2D eigenvalue weighted by molar-refractivity contribution is 5.76. The average molecular weight is 382 g/mol. The van der Waals surface area contributed by atoms with Crippen molar-refractivity contribution in [3.63, 3.8) is 0 Å². The van der Waals surface area contributed by atoms with Crippen LogP contribution in [0.1, 0.15) is 42.6 Å². The lowest BCUT2D eigenvalue weighted by molar-refractivity contribution is -0.120. The highest BCUT2D eigenvalue weighted by Gasteiger charge is 2.13. The normalized spacial score (nSPS) is 14.0. The molecule has 2 aromatic rings. The number of rotatable bonds is 8. The molecule has 1 fully saturated rings. The second-order valence-electron chi connectivity index (χ2n) is 7.47. The van der Waals surface area contributed by atoms with Crippen molar-refractivity contribution in [2.75, 3.05) is 36.4 Å². The summed E-state index contributed by atoms with van der Waals surface area (Å²) in [4.78, 5) is 23.4. The Kier molecular flexibility index (Phi) is 7.23. The minimum atomic E-state index is 0.0798. The lowest BCUT2D eigenvalue weighted by Gasteiger charge is -2.28. The maximum atomic E-state index is 12.1. The van der Waals surface area contributed by atoms with E-state index in [4.69, 9.17) is 0 Å². The molecule has 6 nitrogen and oxygen atoms in total. The third-order valence-electron chi connectivity index (χ3n) is 4.98. The maximum absolute atomic E-state index is 12.1. The second kappa shape index (κ2) is 10.1. The van der Waals surface area contributed by atoms with Crippen LogP contribution in [0, 0.1) is 13.8 Å². The van der Waals surface area contributed by atoms with Crippen molar-refractivity contribution in [2.24, 2.45) is 0 Å². The molecule has 1 aliphatic rings. The van der Waals surface area contributed by atoms with Gasteiger partial charge in [0.1, 0.15) is 17.5 Å². The fraction of sp³-hybridized carbons (Fsp3) is 0.500. The van der Waals surface area contributed by atoms with Crippen molar-refractivity contribution >= 4 is 17.5 Å². The van der Waals surface area contributed by atoms with E-state index >= 15 is 0 Å². The van der Waals surface area contributed by atoms with Gasteiger partial charge >= 0.3 is 0 Å². The van der Waals surface area contributed by atoms with Crippen molar-refractivity contribution < 1.29 is 4.79 Å². The molecule has 2 heterocycles. The summed E-state index contributed by atoms with van der Waals surface area (Å²) in [6.07, 6.45) is 5.02. The van der Waals surface area contributed by atoms with Crippen molar-refractivity contribution in [3.05, 3.63) is 47.3 Å². The van der Waals surface area contributed by atoms with Gasteiger partial charge in [-0.05, 0) is 45.1 Å². The number of carbonyl (C=O) groups excluding carboxylic acids is 1. The van der Waals surface area contributed by atoms with Crippen LogP contribution in [-0.2, 0) is 11.2 Å². The van der Waals surface area contributed by atoms with Gasteiger partial charge in [-0.25, -0.2) is 9.97 Å². The number of aromatic nitrogens is 2. The summed E-state index contributed by atoms with van der Waals surface area (Å²) in [5.41, 5.74) is 2.43. The highest BCUT2D eigenvalue weighted by atomic mass is 16.1. The van der Waals surface area contributed by atoms with Crippen molar-refractivity contribution in [2.45, 2.75) is 46.0 Å². The molecule has 150 valence electrons. The van der Waals surface area contributed by atoms with Crippen LogP contribution in [0.2, 0.25) is 0 Å². The van der Waals surface area contributed by atoms with E-state index in [0.717, 1.165) is 37.0 Å². The molecule has 1 amide bonds. The van der Waals surface area contributed by atoms with Gasteiger partial charge in [-0.1, -0.05) is 29.8 Å². The van der Waals surface area contributed by atoms with E-state index in [9.17, 15) is 4.79 Å². The van der Waals surface area contributed by atoms with E-state index in [1.807, 2.05) is 19.1 Å². The Morgan fingerprint density at radius 1 is 1.07 bits per heavy atom. The molecule has 0 radical (unpaired) electrons. The van der Waals surface area contributed by atoms with Crippen molar-refractivity contribution in [1.29, 1.82) is 0 Å². The monoisotopic (exact) mass is 381 g/mol. The van der Waals surface area contributed by atoms with Crippen LogP contribution in [0.4, 0.5) is 11.6 Å². The molecular weight excluding hydrogens is 350 g/mol. The molecule has 28 heavy (non-hydrogen) atoms. The summed E-state index contributed by atoms with van der Waals surface area (Å²) in [6.45, 7) is 7.34. The van der Waals surface area contributed by atoms with E-state index in [0.29, 0.717) is 19.5 Å². The lowest BCUT2D eigenvalue weighted by Crippen LogP contribution is -2.31. The van der Waals surface area contributed by atoms with E-state index in [1.54, 1.807) is 0 Å². The number of nitrogens with one attached hydrogen (secondary N) is 2. The standard InChI is InChI=1S/C22H31N5O/c1-17-7-6-8-19(15-17)9-10-22(28)24-12-11-23-20-16-21(26-18(2)25-20)27-13-4-3-5-14-27/h6-8,15-16H,3-5,9-14H2,1-2H3,(H,24,28)(H,23,25,26). The molecule has 0 aliphatic carbocycles. The van der Waals surface area contributed by atoms with Gasteiger partial charge in [-0.3, -0.25) is 4.79 Å². The number of aryl methyl sites for hydroxylation is 3. The first kappa shape index (κ1) is 20.1. The summed E-state index contributed by atoms with van der Waals surface area (Å²) in [5.74, 6) is 2.67. The Hall–Kier alpha value is -2.63. The molecule has 1 aromatic heterocycles. The van der Waals surface area contributed by atoms with Gasteiger partial charge in [0.15, 0.2) is 0 Å². The number of benzene rings is 1. The number of nitrogens with zero attached hydrogens (tertiary/aromatic N) is 3. The van der Waals surface area contributed by atoms with Gasteiger partial charge in [0, 0.05) is 38.7 Å². The molecule has 0 atom stereocenters.